The van der Waals surface area contributed by atoms with Crippen molar-refractivity contribution in [2.75, 3.05) is 19.8 Å². The predicted octanol–water partition coefficient (Wildman–Crippen LogP) is 1.09. The molecule has 0 aliphatic carbocycles. The Morgan fingerprint density at radius 2 is 2.05 bits per heavy atom. The van der Waals surface area contributed by atoms with E-state index in [1.807, 2.05) is 32.0 Å². The third kappa shape index (κ3) is 3.28. The number of hydrogen-bond acceptors (Lipinski definition) is 5. The Labute approximate surface area is 123 Å². The molecule has 0 aromatic heterocycles. The second kappa shape index (κ2) is 5.54. The summed E-state index contributed by atoms with van der Waals surface area (Å²) < 4.78 is 22.2. The number of amides is 1. The monoisotopic (exact) mass is 293 g/mol. The summed E-state index contributed by atoms with van der Waals surface area (Å²) in [6, 6.07) is 7.30. The molecule has 21 heavy (non-hydrogen) atoms. The molecule has 0 saturated carbocycles. The molecule has 114 valence electrons. The fourth-order valence-corrected chi connectivity index (χ4v) is 2.34. The molecule has 1 saturated heterocycles. The number of fused-ring (bicyclic) bond motifs is 1. The summed E-state index contributed by atoms with van der Waals surface area (Å²) in [5, 5.41) is 2.81. The SMILES string of the molecule is CC1(C)OCC(CNC(=O)C2COc3ccccc3O2)O1. The second-order valence-electron chi connectivity index (χ2n) is 5.56. The average molecular weight is 293 g/mol. The summed E-state index contributed by atoms with van der Waals surface area (Å²) in [6.07, 6.45) is -0.782. The number of rotatable bonds is 3. The lowest BCUT2D eigenvalue weighted by molar-refractivity contribution is -0.141. The Bertz CT molecular complexity index is 531. The van der Waals surface area contributed by atoms with Crippen molar-refractivity contribution in [2.45, 2.75) is 31.8 Å². The van der Waals surface area contributed by atoms with Gasteiger partial charge in [-0.05, 0) is 26.0 Å². The third-order valence-electron chi connectivity index (χ3n) is 3.37. The molecule has 1 fully saturated rings. The van der Waals surface area contributed by atoms with Gasteiger partial charge in [0.1, 0.15) is 12.7 Å². The molecule has 6 heteroatoms. The van der Waals surface area contributed by atoms with Crippen molar-refractivity contribution in [1.82, 2.24) is 5.32 Å². The lowest BCUT2D eigenvalue weighted by Gasteiger charge is -2.26. The smallest absolute Gasteiger partial charge is 0.264 e. The predicted molar refractivity (Wildman–Crippen MR) is 74.3 cm³/mol. The van der Waals surface area contributed by atoms with Crippen LogP contribution in [0.1, 0.15) is 13.8 Å². The van der Waals surface area contributed by atoms with Crippen molar-refractivity contribution in [3.05, 3.63) is 24.3 Å². The van der Waals surface area contributed by atoms with Gasteiger partial charge in [0.05, 0.1) is 6.61 Å². The normalized spacial score (nSPS) is 26.4. The van der Waals surface area contributed by atoms with Crippen LogP contribution in [0.5, 0.6) is 11.5 Å². The van der Waals surface area contributed by atoms with Crippen molar-refractivity contribution in [1.29, 1.82) is 0 Å². The molecule has 3 rings (SSSR count). The van der Waals surface area contributed by atoms with Gasteiger partial charge in [-0.2, -0.15) is 0 Å². The summed E-state index contributed by atoms with van der Waals surface area (Å²) in [7, 11) is 0. The Morgan fingerprint density at radius 1 is 1.29 bits per heavy atom. The standard InChI is InChI=1S/C15H19NO5/c1-15(2)19-8-10(21-15)7-16-14(17)13-9-18-11-5-3-4-6-12(11)20-13/h3-6,10,13H,7-9H2,1-2H3,(H,16,17). The van der Waals surface area contributed by atoms with Crippen molar-refractivity contribution in [3.8, 4) is 11.5 Å². The van der Waals surface area contributed by atoms with E-state index in [9.17, 15) is 4.79 Å². The van der Waals surface area contributed by atoms with Gasteiger partial charge in [-0.3, -0.25) is 4.79 Å². The van der Waals surface area contributed by atoms with Crippen LogP contribution in [0.2, 0.25) is 0 Å². The Balaban J connectivity index is 1.51. The van der Waals surface area contributed by atoms with Crippen LogP contribution in [0.25, 0.3) is 0 Å². The molecular weight excluding hydrogens is 274 g/mol. The zero-order valence-electron chi connectivity index (χ0n) is 12.1. The topological polar surface area (TPSA) is 66.0 Å². The summed E-state index contributed by atoms with van der Waals surface area (Å²) in [5.74, 6) is 0.456. The first-order valence-corrected chi connectivity index (χ1v) is 7.01. The van der Waals surface area contributed by atoms with Crippen LogP contribution >= 0.6 is 0 Å². The highest BCUT2D eigenvalue weighted by atomic mass is 16.7. The summed E-state index contributed by atoms with van der Waals surface area (Å²) in [5.41, 5.74) is 0. The molecule has 0 radical (unpaired) electrons. The number of benzene rings is 1. The van der Waals surface area contributed by atoms with Crippen molar-refractivity contribution in [2.24, 2.45) is 0 Å². The van der Waals surface area contributed by atoms with Gasteiger partial charge in [0.25, 0.3) is 5.91 Å². The Morgan fingerprint density at radius 3 is 2.76 bits per heavy atom. The van der Waals surface area contributed by atoms with E-state index in [2.05, 4.69) is 5.32 Å². The summed E-state index contributed by atoms with van der Waals surface area (Å²) >= 11 is 0. The number of para-hydroxylation sites is 2. The minimum atomic E-state index is -0.643. The van der Waals surface area contributed by atoms with Crippen LogP contribution in [-0.4, -0.2) is 43.7 Å². The highest BCUT2D eigenvalue weighted by Crippen LogP contribution is 2.30. The lowest BCUT2D eigenvalue weighted by atomic mass is 10.2. The fraction of sp³-hybridized carbons (Fsp3) is 0.533. The van der Waals surface area contributed by atoms with Crippen molar-refractivity contribution >= 4 is 5.91 Å². The Kier molecular flexibility index (Phi) is 3.73. The first-order valence-electron chi connectivity index (χ1n) is 7.01. The second-order valence-corrected chi connectivity index (χ2v) is 5.56. The Hall–Kier alpha value is -1.79. The molecule has 0 bridgehead atoms. The van der Waals surface area contributed by atoms with Gasteiger partial charge in [0.2, 0.25) is 6.10 Å². The van der Waals surface area contributed by atoms with Crippen LogP contribution in [-0.2, 0) is 14.3 Å². The van der Waals surface area contributed by atoms with Gasteiger partial charge in [-0.15, -0.1) is 0 Å². The van der Waals surface area contributed by atoms with Gasteiger partial charge in [-0.25, -0.2) is 0 Å². The number of hydrogen-bond donors (Lipinski definition) is 1. The molecule has 1 amide bonds. The molecule has 2 heterocycles. The van der Waals surface area contributed by atoms with Crippen molar-refractivity contribution in [3.63, 3.8) is 0 Å². The summed E-state index contributed by atoms with van der Waals surface area (Å²) in [4.78, 5) is 12.1. The molecule has 2 unspecified atom stereocenters. The van der Waals surface area contributed by atoms with E-state index in [0.29, 0.717) is 24.7 Å². The molecule has 6 nitrogen and oxygen atoms in total. The van der Waals surface area contributed by atoms with Gasteiger partial charge in [-0.1, -0.05) is 12.1 Å². The number of carbonyl (C=O) groups excluding carboxylic acids is 1. The number of carbonyl (C=O) groups is 1. The highest BCUT2D eigenvalue weighted by molar-refractivity contribution is 5.81. The third-order valence-corrected chi connectivity index (χ3v) is 3.37. The van der Waals surface area contributed by atoms with Crippen molar-refractivity contribution < 1.29 is 23.7 Å². The first kappa shape index (κ1) is 14.2. The van der Waals surface area contributed by atoms with E-state index in [1.54, 1.807) is 6.07 Å². The summed E-state index contributed by atoms with van der Waals surface area (Å²) in [6.45, 7) is 4.77. The molecule has 1 aromatic carbocycles. The highest BCUT2D eigenvalue weighted by Gasteiger charge is 2.34. The van der Waals surface area contributed by atoms with E-state index in [0.717, 1.165) is 0 Å². The molecule has 1 N–H and O–H groups in total. The van der Waals surface area contributed by atoms with Crippen LogP contribution in [0, 0.1) is 0 Å². The molecule has 2 atom stereocenters. The van der Waals surface area contributed by atoms with Gasteiger partial charge in [0, 0.05) is 6.54 Å². The van der Waals surface area contributed by atoms with Crippen LogP contribution < -0.4 is 14.8 Å². The van der Waals surface area contributed by atoms with Gasteiger partial charge in [0.15, 0.2) is 17.3 Å². The zero-order chi connectivity index (χ0) is 14.9. The molecule has 2 aliphatic heterocycles. The van der Waals surface area contributed by atoms with E-state index in [-0.39, 0.29) is 18.6 Å². The van der Waals surface area contributed by atoms with Crippen LogP contribution in [0.3, 0.4) is 0 Å². The average Bonchev–Trinajstić information content (AvgIpc) is 2.83. The van der Waals surface area contributed by atoms with E-state index < -0.39 is 11.9 Å². The number of nitrogens with one attached hydrogen (secondary N) is 1. The van der Waals surface area contributed by atoms with E-state index in [4.69, 9.17) is 18.9 Å². The molecule has 1 aromatic rings. The zero-order valence-corrected chi connectivity index (χ0v) is 12.1. The molecular formula is C15H19NO5. The maximum Gasteiger partial charge on any atom is 0.264 e. The van der Waals surface area contributed by atoms with Crippen LogP contribution in [0.4, 0.5) is 0 Å². The van der Waals surface area contributed by atoms with Gasteiger partial charge >= 0.3 is 0 Å². The number of ether oxygens (including phenoxy) is 4. The quantitative estimate of drug-likeness (QED) is 0.904. The van der Waals surface area contributed by atoms with Crippen LogP contribution in [0.15, 0.2) is 24.3 Å². The minimum Gasteiger partial charge on any atom is -0.485 e. The fourth-order valence-electron chi connectivity index (χ4n) is 2.34. The van der Waals surface area contributed by atoms with E-state index >= 15 is 0 Å². The minimum absolute atomic E-state index is 0.138. The van der Waals surface area contributed by atoms with E-state index in [1.165, 1.54) is 0 Å². The lowest BCUT2D eigenvalue weighted by Crippen LogP contribution is -2.46. The maximum atomic E-state index is 12.1. The first-order chi connectivity index (χ1) is 10.0. The molecule has 0 spiro atoms. The molecule has 2 aliphatic rings. The largest absolute Gasteiger partial charge is 0.485 e. The van der Waals surface area contributed by atoms with Gasteiger partial charge < -0.3 is 24.3 Å². The maximum absolute atomic E-state index is 12.1.